The topological polar surface area (TPSA) is 79.0 Å². The van der Waals surface area contributed by atoms with Crippen LogP contribution in [0.25, 0.3) is 0 Å². The molecule has 0 bridgehead atoms. The summed E-state index contributed by atoms with van der Waals surface area (Å²) in [5, 5.41) is 2.77. The van der Waals surface area contributed by atoms with Crippen molar-refractivity contribution in [2.75, 3.05) is 16.8 Å². The maximum Gasteiger partial charge on any atom is 0.332 e. The summed E-state index contributed by atoms with van der Waals surface area (Å²) >= 11 is 0. The number of carbonyl (C=O) groups excluding carboxylic acids is 3. The second-order valence-electron chi connectivity index (χ2n) is 8.28. The minimum atomic E-state index is -1.03. The monoisotopic (exact) mass is 475 g/mol. The Morgan fingerprint density at radius 3 is 2.46 bits per heavy atom. The zero-order valence-electron chi connectivity index (χ0n) is 19.5. The first kappa shape index (κ1) is 23.9. The molecule has 7 nitrogen and oxygen atoms in total. The highest BCUT2D eigenvalue weighted by Crippen LogP contribution is 2.29. The average molecular weight is 476 g/mol. The van der Waals surface area contributed by atoms with Crippen molar-refractivity contribution in [2.45, 2.75) is 32.9 Å². The fourth-order valence-electron chi connectivity index (χ4n) is 4.04. The first-order chi connectivity index (χ1) is 16.9. The molecule has 4 rings (SSSR count). The molecule has 1 N–H and O–H groups in total. The molecule has 1 atom stereocenters. The molecule has 1 fully saturated rings. The molecular formula is C27H26FN3O4. The lowest BCUT2D eigenvalue weighted by Crippen LogP contribution is -2.37. The van der Waals surface area contributed by atoms with Gasteiger partial charge in [-0.3, -0.25) is 9.59 Å². The van der Waals surface area contributed by atoms with Gasteiger partial charge >= 0.3 is 6.03 Å². The van der Waals surface area contributed by atoms with Crippen molar-refractivity contribution in [2.24, 2.45) is 0 Å². The molecule has 4 amide bonds. The van der Waals surface area contributed by atoms with Crippen LogP contribution in [0.15, 0.2) is 72.8 Å². The number of imide groups is 1. The summed E-state index contributed by atoms with van der Waals surface area (Å²) in [5.41, 5.74) is 2.38. The quantitative estimate of drug-likeness (QED) is 0.470. The molecule has 3 aromatic rings. The van der Waals surface area contributed by atoms with Crippen LogP contribution in [0, 0.1) is 12.7 Å². The third-order valence-corrected chi connectivity index (χ3v) is 5.65. The van der Waals surface area contributed by atoms with Gasteiger partial charge in [0, 0.05) is 12.2 Å². The molecule has 1 saturated heterocycles. The van der Waals surface area contributed by atoms with Gasteiger partial charge in [0.15, 0.2) is 0 Å². The number of halogens is 1. The summed E-state index contributed by atoms with van der Waals surface area (Å²) in [7, 11) is 0. The van der Waals surface area contributed by atoms with Gasteiger partial charge in [-0.25, -0.2) is 14.1 Å². The van der Waals surface area contributed by atoms with Gasteiger partial charge in [-0.2, -0.15) is 0 Å². The number of urea groups is 1. The number of hydrogen-bond acceptors (Lipinski definition) is 4. The second-order valence-corrected chi connectivity index (χ2v) is 8.28. The smallest absolute Gasteiger partial charge is 0.332 e. The minimum Gasteiger partial charge on any atom is -0.494 e. The summed E-state index contributed by atoms with van der Waals surface area (Å²) in [6, 6.07) is 18.1. The molecular weight excluding hydrogens is 449 g/mol. The van der Waals surface area contributed by atoms with E-state index in [0.717, 1.165) is 10.5 Å². The van der Waals surface area contributed by atoms with Crippen LogP contribution in [0.5, 0.6) is 5.75 Å². The molecule has 0 saturated carbocycles. The largest absolute Gasteiger partial charge is 0.494 e. The number of amides is 4. The van der Waals surface area contributed by atoms with E-state index in [9.17, 15) is 18.8 Å². The Labute approximate surface area is 203 Å². The maximum absolute atomic E-state index is 13.8. The molecule has 0 radical (unpaired) electrons. The highest BCUT2D eigenvalue weighted by Gasteiger charge is 2.46. The van der Waals surface area contributed by atoms with Gasteiger partial charge in [0.1, 0.15) is 17.6 Å². The Morgan fingerprint density at radius 2 is 1.77 bits per heavy atom. The van der Waals surface area contributed by atoms with Gasteiger partial charge in [0.2, 0.25) is 5.91 Å². The number of ether oxygens (including phenoxy) is 1. The fraction of sp³-hybridized carbons (Fsp3) is 0.222. The van der Waals surface area contributed by atoms with Gasteiger partial charge in [-0.05, 0) is 73.5 Å². The van der Waals surface area contributed by atoms with Crippen LogP contribution in [-0.2, 0) is 16.1 Å². The zero-order chi connectivity index (χ0) is 24.9. The molecule has 0 spiro atoms. The number of aryl methyl sites for hydroxylation is 1. The lowest BCUT2D eigenvalue weighted by molar-refractivity contribution is -0.124. The van der Waals surface area contributed by atoms with Crippen molar-refractivity contribution in [1.29, 1.82) is 0 Å². The van der Waals surface area contributed by atoms with Crippen molar-refractivity contribution in [3.8, 4) is 5.75 Å². The predicted molar refractivity (Wildman–Crippen MR) is 131 cm³/mol. The molecule has 180 valence electrons. The van der Waals surface area contributed by atoms with E-state index in [4.69, 9.17) is 4.74 Å². The Kier molecular flexibility index (Phi) is 7.10. The van der Waals surface area contributed by atoms with Crippen LogP contribution in [0.2, 0.25) is 0 Å². The summed E-state index contributed by atoms with van der Waals surface area (Å²) in [6.07, 6.45) is -0.241. The summed E-state index contributed by atoms with van der Waals surface area (Å²) in [6.45, 7) is 4.26. The van der Waals surface area contributed by atoms with Gasteiger partial charge in [0.05, 0.1) is 18.7 Å². The van der Waals surface area contributed by atoms with E-state index < -0.39 is 29.7 Å². The van der Waals surface area contributed by atoms with Gasteiger partial charge in [-0.15, -0.1) is 0 Å². The highest BCUT2D eigenvalue weighted by molar-refractivity contribution is 6.22. The second kappa shape index (κ2) is 10.4. The molecule has 0 aromatic heterocycles. The SMILES string of the molecule is CCOc1ccc(NC(=O)CC2C(=O)N(c3cccc(C)c3)C(=O)N2Cc2cccc(F)c2)cc1. The first-order valence-corrected chi connectivity index (χ1v) is 11.3. The van der Waals surface area contributed by atoms with Gasteiger partial charge in [0.25, 0.3) is 5.91 Å². The number of rotatable bonds is 8. The minimum absolute atomic E-state index is 0.00828. The number of nitrogens with one attached hydrogen (secondary N) is 1. The van der Waals surface area contributed by atoms with E-state index in [-0.39, 0.29) is 13.0 Å². The Bertz CT molecular complexity index is 1250. The molecule has 3 aromatic carbocycles. The Hall–Kier alpha value is -4.20. The number of benzene rings is 3. The lowest BCUT2D eigenvalue weighted by Gasteiger charge is -2.21. The summed E-state index contributed by atoms with van der Waals surface area (Å²) in [5.74, 6) is -0.688. The van der Waals surface area contributed by atoms with Crippen LogP contribution in [0.4, 0.5) is 20.6 Å². The van der Waals surface area contributed by atoms with E-state index in [1.165, 1.54) is 17.0 Å². The molecule has 8 heteroatoms. The third-order valence-electron chi connectivity index (χ3n) is 5.65. The number of hydrogen-bond donors (Lipinski definition) is 1. The molecule has 0 aliphatic carbocycles. The third kappa shape index (κ3) is 5.48. The molecule has 1 unspecified atom stereocenters. The van der Waals surface area contributed by atoms with Crippen molar-refractivity contribution in [1.82, 2.24) is 4.90 Å². The summed E-state index contributed by atoms with van der Waals surface area (Å²) in [4.78, 5) is 42.0. The number of nitrogens with zero attached hydrogens (tertiary/aromatic N) is 2. The van der Waals surface area contributed by atoms with E-state index in [0.29, 0.717) is 29.3 Å². The van der Waals surface area contributed by atoms with Crippen LogP contribution in [0.3, 0.4) is 0 Å². The van der Waals surface area contributed by atoms with Gasteiger partial charge in [-0.1, -0.05) is 24.3 Å². The van der Waals surface area contributed by atoms with Crippen molar-refractivity contribution < 1.29 is 23.5 Å². The molecule has 1 aliphatic rings. The van der Waals surface area contributed by atoms with E-state index in [2.05, 4.69) is 5.32 Å². The summed E-state index contributed by atoms with van der Waals surface area (Å²) < 4.78 is 19.2. The van der Waals surface area contributed by atoms with E-state index in [1.54, 1.807) is 54.6 Å². The first-order valence-electron chi connectivity index (χ1n) is 11.3. The molecule has 1 aliphatic heterocycles. The zero-order valence-corrected chi connectivity index (χ0v) is 19.5. The average Bonchev–Trinajstić information content (AvgIpc) is 3.04. The van der Waals surface area contributed by atoms with Crippen molar-refractivity contribution in [3.63, 3.8) is 0 Å². The van der Waals surface area contributed by atoms with Gasteiger partial charge < -0.3 is 15.0 Å². The molecule has 1 heterocycles. The van der Waals surface area contributed by atoms with Crippen molar-refractivity contribution in [3.05, 3.63) is 89.7 Å². The van der Waals surface area contributed by atoms with Crippen molar-refractivity contribution >= 4 is 29.2 Å². The standard InChI is InChI=1S/C27H26FN3O4/c1-3-35-23-12-10-21(11-13-23)29-25(32)16-24-26(33)31(22-9-4-6-18(2)14-22)27(34)30(24)17-19-7-5-8-20(28)15-19/h4-15,24H,3,16-17H2,1-2H3,(H,29,32). The van der Waals surface area contributed by atoms with E-state index >= 15 is 0 Å². The number of anilines is 2. The fourth-order valence-corrected chi connectivity index (χ4v) is 4.04. The molecule has 35 heavy (non-hydrogen) atoms. The van der Waals surface area contributed by atoms with Crippen LogP contribution in [-0.4, -0.2) is 35.4 Å². The highest BCUT2D eigenvalue weighted by atomic mass is 19.1. The lowest BCUT2D eigenvalue weighted by atomic mass is 10.1. The van der Waals surface area contributed by atoms with Crippen LogP contribution >= 0.6 is 0 Å². The predicted octanol–water partition coefficient (Wildman–Crippen LogP) is 4.90. The van der Waals surface area contributed by atoms with Crippen LogP contribution in [0.1, 0.15) is 24.5 Å². The Morgan fingerprint density at radius 1 is 1.03 bits per heavy atom. The van der Waals surface area contributed by atoms with E-state index in [1.807, 2.05) is 19.9 Å². The van der Waals surface area contributed by atoms with Crippen LogP contribution < -0.4 is 15.0 Å². The Balaban J connectivity index is 1.57. The number of carbonyl (C=O) groups is 3. The normalized spacial score (nSPS) is 15.5. The maximum atomic E-state index is 13.8.